The first kappa shape index (κ1) is 14.0. The Morgan fingerprint density at radius 1 is 1.47 bits per heavy atom. The lowest BCUT2D eigenvalue weighted by molar-refractivity contribution is -0.148. The Labute approximate surface area is 108 Å². The third kappa shape index (κ3) is 3.47. The standard InChI is InChI=1S/C14H19ClO2/c1-4-7-14(3,13(16)17)9-11-6-5-10(2)8-12(11)15/h5-6,8H,4,7,9H2,1-3H3,(H,16,17). The van der Waals surface area contributed by atoms with Crippen LogP contribution in [0.2, 0.25) is 5.02 Å². The molecule has 0 radical (unpaired) electrons. The minimum atomic E-state index is -0.754. The fourth-order valence-electron chi connectivity index (χ4n) is 2.04. The third-order valence-electron chi connectivity index (χ3n) is 3.11. The van der Waals surface area contributed by atoms with Gasteiger partial charge in [0.05, 0.1) is 5.41 Å². The molecule has 0 saturated heterocycles. The van der Waals surface area contributed by atoms with Crippen molar-refractivity contribution >= 4 is 17.6 Å². The second-order valence-electron chi connectivity index (χ2n) is 4.89. The van der Waals surface area contributed by atoms with Crippen molar-refractivity contribution in [2.24, 2.45) is 5.41 Å². The van der Waals surface area contributed by atoms with Crippen LogP contribution in [-0.2, 0) is 11.2 Å². The Morgan fingerprint density at radius 2 is 2.12 bits per heavy atom. The highest BCUT2D eigenvalue weighted by atomic mass is 35.5. The molecular weight excluding hydrogens is 236 g/mol. The van der Waals surface area contributed by atoms with Crippen molar-refractivity contribution in [1.82, 2.24) is 0 Å². The molecule has 1 aromatic carbocycles. The number of hydrogen-bond acceptors (Lipinski definition) is 1. The zero-order valence-electron chi connectivity index (χ0n) is 10.6. The van der Waals surface area contributed by atoms with Crippen LogP contribution in [0.3, 0.4) is 0 Å². The van der Waals surface area contributed by atoms with Crippen molar-refractivity contribution in [3.05, 3.63) is 34.3 Å². The monoisotopic (exact) mass is 254 g/mol. The summed E-state index contributed by atoms with van der Waals surface area (Å²) in [6.07, 6.45) is 1.99. The summed E-state index contributed by atoms with van der Waals surface area (Å²) in [4.78, 5) is 11.4. The van der Waals surface area contributed by atoms with Gasteiger partial charge in [-0.05, 0) is 43.9 Å². The molecule has 2 nitrogen and oxygen atoms in total. The van der Waals surface area contributed by atoms with E-state index in [0.29, 0.717) is 17.9 Å². The third-order valence-corrected chi connectivity index (χ3v) is 3.46. The molecule has 0 aromatic heterocycles. The molecule has 0 spiro atoms. The molecule has 0 bridgehead atoms. The van der Waals surface area contributed by atoms with E-state index in [4.69, 9.17) is 11.6 Å². The normalized spacial score (nSPS) is 14.4. The van der Waals surface area contributed by atoms with E-state index in [2.05, 4.69) is 0 Å². The van der Waals surface area contributed by atoms with Gasteiger partial charge in [0.2, 0.25) is 0 Å². The highest BCUT2D eigenvalue weighted by Gasteiger charge is 2.32. The summed E-state index contributed by atoms with van der Waals surface area (Å²) in [5, 5.41) is 9.99. The van der Waals surface area contributed by atoms with Gasteiger partial charge in [-0.2, -0.15) is 0 Å². The van der Waals surface area contributed by atoms with Gasteiger partial charge < -0.3 is 5.11 Å². The molecule has 1 rings (SSSR count). The van der Waals surface area contributed by atoms with Gasteiger partial charge >= 0.3 is 5.97 Å². The van der Waals surface area contributed by atoms with Crippen LogP contribution in [0.25, 0.3) is 0 Å². The highest BCUT2D eigenvalue weighted by Crippen LogP contribution is 2.31. The zero-order chi connectivity index (χ0) is 13.1. The number of aliphatic carboxylic acids is 1. The van der Waals surface area contributed by atoms with Crippen LogP contribution in [0.15, 0.2) is 18.2 Å². The molecule has 3 heteroatoms. The molecule has 0 saturated carbocycles. The molecule has 1 N–H and O–H groups in total. The Kier molecular flexibility index (Phi) is 4.58. The second kappa shape index (κ2) is 5.54. The molecule has 0 aliphatic heterocycles. The summed E-state index contributed by atoms with van der Waals surface area (Å²) in [6, 6.07) is 5.77. The van der Waals surface area contributed by atoms with Crippen LogP contribution in [-0.4, -0.2) is 11.1 Å². The van der Waals surface area contributed by atoms with Crippen LogP contribution in [0.4, 0.5) is 0 Å². The van der Waals surface area contributed by atoms with Crippen LogP contribution in [0, 0.1) is 12.3 Å². The Hall–Kier alpha value is -1.02. The van der Waals surface area contributed by atoms with E-state index in [1.807, 2.05) is 32.0 Å². The summed E-state index contributed by atoms with van der Waals surface area (Å²) in [6.45, 7) is 5.76. The summed E-state index contributed by atoms with van der Waals surface area (Å²) in [5.41, 5.74) is 1.27. The Morgan fingerprint density at radius 3 is 2.59 bits per heavy atom. The van der Waals surface area contributed by atoms with E-state index in [9.17, 15) is 9.90 Å². The van der Waals surface area contributed by atoms with E-state index in [1.54, 1.807) is 6.92 Å². The molecule has 1 atom stereocenters. The smallest absolute Gasteiger partial charge is 0.309 e. The van der Waals surface area contributed by atoms with Crippen molar-refractivity contribution in [3.63, 3.8) is 0 Å². The Bertz CT molecular complexity index is 415. The van der Waals surface area contributed by atoms with Gasteiger partial charge in [0.1, 0.15) is 0 Å². The molecule has 1 aromatic rings. The molecule has 17 heavy (non-hydrogen) atoms. The van der Waals surface area contributed by atoms with E-state index in [0.717, 1.165) is 17.5 Å². The van der Waals surface area contributed by atoms with E-state index >= 15 is 0 Å². The topological polar surface area (TPSA) is 37.3 Å². The number of halogens is 1. The number of hydrogen-bond donors (Lipinski definition) is 1. The predicted octanol–water partition coefficient (Wildman–Crippen LogP) is 4.08. The van der Waals surface area contributed by atoms with Gasteiger partial charge in [-0.25, -0.2) is 0 Å². The lowest BCUT2D eigenvalue weighted by Crippen LogP contribution is -2.30. The van der Waals surface area contributed by atoms with Gasteiger partial charge in [0, 0.05) is 5.02 Å². The maximum atomic E-state index is 11.4. The van der Waals surface area contributed by atoms with E-state index < -0.39 is 11.4 Å². The number of aryl methyl sites for hydroxylation is 1. The van der Waals surface area contributed by atoms with Gasteiger partial charge in [-0.15, -0.1) is 0 Å². The number of benzene rings is 1. The first-order chi connectivity index (χ1) is 7.89. The lowest BCUT2D eigenvalue weighted by atomic mass is 9.80. The molecule has 0 amide bonds. The molecule has 0 aliphatic rings. The molecular formula is C14H19ClO2. The highest BCUT2D eigenvalue weighted by molar-refractivity contribution is 6.31. The van der Waals surface area contributed by atoms with Crippen molar-refractivity contribution in [1.29, 1.82) is 0 Å². The molecule has 0 fully saturated rings. The average Bonchev–Trinajstić information content (AvgIpc) is 2.22. The van der Waals surface area contributed by atoms with Gasteiger partial charge in [0.25, 0.3) is 0 Å². The summed E-state index contributed by atoms with van der Waals surface area (Å²) < 4.78 is 0. The first-order valence-electron chi connectivity index (χ1n) is 5.87. The molecule has 1 unspecified atom stereocenters. The summed E-state index contributed by atoms with van der Waals surface area (Å²) in [7, 11) is 0. The minimum Gasteiger partial charge on any atom is -0.481 e. The maximum Gasteiger partial charge on any atom is 0.309 e. The number of rotatable bonds is 5. The zero-order valence-corrected chi connectivity index (χ0v) is 11.3. The number of carboxylic acid groups (broad SMARTS) is 1. The fraction of sp³-hybridized carbons (Fsp3) is 0.500. The van der Waals surface area contributed by atoms with Gasteiger partial charge in [-0.3, -0.25) is 4.79 Å². The summed E-state index contributed by atoms with van der Waals surface area (Å²) >= 11 is 6.15. The van der Waals surface area contributed by atoms with Gasteiger partial charge in [-0.1, -0.05) is 37.1 Å². The van der Waals surface area contributed by atoms with Crippen LogP contribution in [0.1, 0.15) is 37.8 Å². The van der Waals surface area contributed by atoms with Crippen molar-refractivity contribution in [2.75, 3.05) is 0 Å². The maximum absolute atomic E-state index is 11.4. The molecule has 0 aliphatic carbocycles. The van der Waals surface area contributed by atoms with Crippen LogP contribution >= 0.6 is 11.6 Å². The molecule has 0 heterocycles. The van der Waals surface area contributed by atoms with Crippen molar-refractivity contribution in [2.45, 2.75) is 40.0 Å². The SMILES string of the molecule is CCCC(C)(Cc1ccc(C)cc1Cl)C(=O)O. The first-order valence-corrected chi connectivity index (χ1v) is 6.25. The predicted molar refractivity (Wildman–Crippen MR) is 70.5 cm³/mol. The summed E-state index contributed by atoms with van der Waals surface area (Å²) in [5.74, 6) is -0.754. The van der Waals surface area contributed by atoms with E-state index in [-0.39, 0.29) is 0 Å². The van der Waals surface area contributed by atoms with E-state index in [1.165, 1.54) is 0 Å². The van der Waals surface area contributed by atoms with Crippen molar-refractivity contribution < 1.29 is 9.90 Å². The second-order valence-corrected chi connectivity index (χ2v) is 5.29. The number of carboxylic acids is 1. The van der Waals surface area contributed by atoms with Crippen LogP contribution in [0.5, 0.6) is 0 Å². The van der Waals surface area contributed by atoms with Crippen molar-refractivity contribution in [3.8, 4) is 0 Å². The average molecular weight is 255 g/mol. The fourth-order valence-corrected chi connectivity index (χ4v) is 2.34. The largest absolute Gasteiger partial charge is 0.481 e. The molecule has 94 valence electrons. The number of carbonyl (C=O) groups is 1. The van der Waals surface area contributed by atoms with Crippen LogP contribution < -0.4 is 0 Å². The van der Waals surface area contributed by atoms with Gasteiger partial charge in [0.15, 0.2) is 0 Å². The Balaban J connectivity index is 2.98. The lowest BCUT2D eigenvalue weighted by Gasteiger charge is -2.24. The minimum absolute atomic E-state index is 0.481. The quantitative estimate of drug-likeness (QED) is 0.860.